The Kier molecular flexibility index (Phi) is 7.70. The minimum absolute atomic E-state index is 0. The lowest BCUT2D eigenvalue weighted by atomic mass is 10.1. The van der Waals surface area contributed by atoms with E-state index in [0.29, 0.717) is 6.54 Å². The number of nitrogens with one attached hydrogen (secondary N) is 1. The van der Waals surface area contributed by atoms with E-state index in [1.54, 1.807) is 11.8 Å². The number of benzene rings is 2. The molecule has 4 heteroatoms. The van der Waals surface area contributed by atoms with Crippen LogP contribution in [0.4, 0.5) is 0 Å². The van der Waals surface area contributed by atoms with Gasteiger partial charge in [-0.25, -0.2) is 0 Å². The Balaban J connectivity index is 0.00000200. The van der Waals surface area contributed by atoms with E-state index < -0.39 is 6.10 Å². The third kappa shape index (κ3) is 5.17. The number of hydrogen-bond donors (Lipinski definition) is 2. The lowest BCUT2D eigenvalue weighted by molar-refractivity contribution is -0.00000555. The van der Waals surface area contributed by atoms with Crippen molar-refractivity contribution in [3.8, 4) is 0 Å². The van der Waals surface area contributed by atoms with Gasteiger partial charge in [0.1, 0.15) is 0 Å². The largest absolute Gasteiger partial charge is 1.00 e. The van der Waals surface area contributed by atoms with Gasteiger partial charge < -0.3 is 22.8 Å². The Morgan fingerprint density at radius 3 is 2.30 bits per heavy atom. The summed E-state index contributed by atoms with van der Waals surface area (Å²) in [6, 6.07) is 18.2. The molecule has 2 N–H and O–H groups in total. The number of hydrogen-bond acceptors (Lipinski definition) is 3. The van der Waals surface area contributed by atoms with Gasteiger partial charge in [-0.3, -0.25) is 0 Å². The van der Waals surface area contributed by atoms with Crippen molar-refractivity contribution in [1.82, 2.24) is 5.32 Å². The summed E-state index contributed by atoms with van der Waals surface area (Å²) in [5.41, 5.74) is 2.19. The Hall–Kier alpha value is -1.00. The second kappa shape index (κ2) is 9.03. The molecule has 0 bridgehead atoms. The molecule has 108 valence electrons. The van der Waals surface area contributed by atoms with E-state index in [2.05, 4.69) is 35.8 Å². The van der Waals surface area contributed by atoms with Crippen molar-refractivity contribution in [3.05, 3.63) is 65.7 Å². The van der Waals surface area contributed by atoms with Crippen LogP contribution < -0.4 is 17.7 Å². The molecule has 0 aromatic heterocycles. The van der Waals surface area contributed by atoms with Gasteiger partial charge in [0, 0.05) is 18.0 Å². The summed E-state index contributed by atoms with van der Waals surface area (Å²) in [4.78, 5) is 1.27. The lowest BCUT2D eigenvalue weighted by Gasteiger charge is -2.12. The van der Waals surface area contributed by atoms with Crippen LogP contribution in [0.15, 0.2) is 59.5 Å². The van der Waals surface area contributed by atoms with Gasteiger partial charge in [-0.2, -0.15) is 0 Å². The Morgan fingerprint density at radius 1 is 1.05 bits per heavy atom. The topological polar surface area (TPSA) is 32.3 Å². The molecule has 0 spiro atoms. The minimum atomic E-state index is -0.452. The normalized spacial score (nSPS) is 11.7. The summed E-state index contributed by atoms with van der Waals surface area (Å²) < 4.78 is 0. The number of halogens is 1. The molecule has 2 rings (SSSR count). The highest BCUT2D eigenvalue weighted by molar-refractivity contribution is 7.98. The maximum atomic E-state index is 10.0. The zero-order valence-corrected chi connectivity index (χ0v) is 13.0. The molecule has 0 fully saturated rings. The molecule has 0 heterocycles. The molecular weight excluding hydrogens is 290 g/mol. The summed E-state index contributed by atoms with van der Waals surface area (Å²) in [5, 5.41) is 13.3. The van der Waals surface area contributed by atoms with Crippen LogP contribution in [0.3, 0.4) is 0 Å². The molecule has 1 atom stereocenters. The fourth-order valence-corrected chi connectivity index (χ4v) is 2.30. The average molecular weight is 309 g/mol. The molecule has 2 aromatic rings. The zero-order valence-electron chi connectivity index (χ0n) is 11.4. The van der Waals surface area contributed by atoms with Gasteiger partial charge in [0.05, 0.1) is 6.10 Å². The summed E-state index contributed by atoms with van der Waals surface area (Å²) in [6.45, 7) is 1.34. The van der Waals surface area contributed by atoms with Crippen molar-refractivity contribution in [2.45, 2.75) is 17.5 Å². The van der Waals surface area contributed by atoms with Gasteiger partial charge in [0.15, 0.2) is 0 Å². The van der Waals surface area contributed by atoms with E-state index >= 15 is 0 Å². The van der Waals surface area contributed by atoms with Crippen LogP contribution in [0.1, 0.15) is 17.2 Å². The Bertz CT molecular complexity index is 490. The van der Waals surface area contributed by atoms with E-state index in [1.807, 2.05) is 30.3 Å². The zero-order chi connectivity index (χ0) is 13.5. The van der Waals surface area contributed by atoms with Gasteiger partial charge in [-0.05, 0) is 29.5 Å². The Labute approximate surface area is 131 Å². The van der Waals surface area contributed by atoms with Gasteiger partial charge in [-0.15, -0.1) is 11.8 Å². The molecule has 0 amide bonds. The molecule has 20 heavy (non-hydrogen) atoms. The number of aliphatic hydroxyl groups is 1. The third-order valence-corrected chi connectivity index (χ3v) is 3.75. The van der Waals surface area contributed by atoms with Crippen molar-refractivity contribution in [1.29, 1.82) is 0 Å². The number of thioether (sulfide) groups is 1. The smallest absolute Gasteiger partial charge is 0.0914 e. The van der Waals surface area contributed by atoms with Crippen molar-refractivity contribution in [2.75, 3.05) is 12.8 Å². The SMILES string of the molecule is CSc1ccc(CNCC(O)c2ccccc2)cc1.[Cl-]. The highest BCUT2D eigenvalue weighted by Gasteiger charge is 2.05. The predicted molar refractivity (Wildman–Crippen MR) is 81.3 cm³/mol. The van der Waals surface area contributed by atoms with E-state index in [-0.39, 0.29) is 12.4 Å². The maximum Gasteiger partial charge on any atom is 0.0914 e. The molecule has 0 aliphatic rings. The van der Waals surface area contributed by atoms with Crippen molar-refractivity contribution >= 4 is 11.8 Å². The van der Waals surface area contributed by atoms with Gasteiger partial charge >= 0.3 is 0 Å². The van der Waals surface area contributed by atoms with Gasteiger partial charge in [0.2, 0.25) is 0 Å². The lowest BCUT2D eigenvalue weighted by Crippen LogP contribution is -3.00. The van der Waals surface area contributed by atoms with Gasteiger partial charge in [0.25, 0.3) is 0 Å². The van der Waals surface area contributed by atoms with Crippen molar-refractivity contribution in [2.24, 2.45) is 0 Å². The molecule has 0 radical (unpaired) electrons. The molecule has 0 saturated heterocycles. The second-order valence-electron chi connectivity index (χ2n) is 4.41. The molecule has 0 aliphatic carbocycles. The summed E-state index contributed by atoms with van der Waals surface area (Å²) >= 11 is 1.74. The summed E-state index contributed by atoms with van der Waals surface area (Å²) in [7, 11) is 0. The van der Waals surface area contributed by atoms with E-state index in [9.17, 15) is 5.11 Å². The average Bonchev–Trinajstić information content (AvgIpc) is 2.49. The van der Waals surface area contributed by atoms with Crippen LogP contribution in [-0.2, 0) is 6.54 Å². The molecule has 0 aliphatic heterocycles. The monoisotopic (exact) mass is 308 g/mol. The number of aliphatic hydroxyl groups excluding tert-OH is 1. The standard InChI is InChI=1S/C16H19NOS.ClH/c1-19-15-9-7-13(8-10-15)11-17-12-16(18)14-5-3-2-4-6-14;/h2-10,16-18H,11-12H2,1H3;1H/p-1. The van der Waals surface area contributed by atoms with Crippen molar-refractivity contribution in [3.63, 3.8) is 0 Å². The summed E-state index contributed by atoms with van der Waals surface area (Å²) in [6.07, 6.45) is 1.62. The van der Waals surface area contributed by atoms with Crippen LogP contribution in [0, 0.1) is 0 Å². The molecule has 2 nitrogen and oxygen atoms in total. The first-order valence-electron chi connectivity index (χ1n) is 6.36. The van der Waals surface area contributed by atoms with Crippen LogP contribution in [0.25, 0.3) is 0 Å². The van der Waals surface area contributed by atoms with E-state index in [1.165, 1.54) is 10.5 Å². The molecular formula is C16H19ClNOS-. The fourth-order valence-electron chi connectivity index (χ4n) is 1.89. The molecule has 1 unspecified atom stereocenters. The maximum absolute atomic E-state index is 10.0. The fraction of sp³-hybridized carbons (Fsp3) is 0.250. The molecule has 0 saturated carbocycles. The quantitative estimate of drug-likeness (QED) is 0.750. The van der Waals surface area contributed by atoms with Gasteiger partial charge in [-0.1, -0.05) is 42.5 Å². The first-order valence-corrected chi connectivity index (χ1v) is 7.58. The predicted octanol–water partition coefficient (Wildman–Crippen LogP) is 0.236. The van der Waals surface area contributed by atoms with Crippen LogP contribution >= 0.6 is 11.8 Å². The van der Waals surface area contributed by atoms with E-state index in [0.717, 1.165) is 12.1 Å². The van der Waals surface area contributed by atoms with Crippen molar-refractivity contribution < 1.29 is 17.5 Å². The van der Waals surface area contributed by atoms with Crippen LogP contribution in [0.2, 0.25) is 0 Å². The first-order chi connectivity index (χ1) is 9.29. The van der Waals surface area contributed by atoms with Crippen LogP contribution in [0.5, 0.6) is 0 Å². The summed E-state index contributed by atoms with van der Waals surface area (Å²) in [5.74, 6) is 0. The molecule has 2 aromatic carbocycles. The minimum Gasteiger partial charge on any atom is -1.00 e. The second-order valence-corrected chi connectivity index (χ2v) is 5.29. The van der Waals surface area contributed by atoms with Crippen LogP contribution in [-0.4, -0.2) is 17.9 Å². The van der Waals surface area contributed by atoms with E-state index in [4.69, 9.17) is 0 Å². The highest BCUT2D eigenvalue weighted by atomic mass is 35.5. The number of rotatable bonds is 6. The first kappa shape index (κ1) is 17.1. The Morgan fingerprint density at radius 2 is 1.70 bits per heavy atom. The third-order valence-electron chi connectivity index (χ3n) is 3.01. The highest BCUT2D eigenvalue weighted by Crippen LogP contribution is 2.15.